The van der Waals surface area contributed by atoms with Gasteiger partial charge >= 0.3 is 0 Å². The largest absolute Gasteiger partial charge is 0.431 e. The van der Waals surface area contributed by atoms with E-state index in [0.717, 1.165) is 5.16 Å². The van der Waals surface area contributed by atoms with E-state index >= 15 is 0 Å². The molecule has 86 valence electrons. The number of fused-ring (bicyclic) bond motifs is 1. The maximum absolute atomic E-state index is 5.81. The molecule has 0 radical (unpaired) electrons. The van der Waals surface area contributed by atoms with E-state index in [1.54, 1.807) is 17.0 Å². The standard InChI is InChI=1S/C10H9N5OS/c1-15-5-12-14-9(15)17-10-13-8-6(11)3-2-4-7(8)16-10/h2-5H,11H2,1H3. The van der Waals surface area contributed by atoms with Crippen molar-refractivity contribution in [1.82, 2.24) is 19.7 Å². The van der Waals surface area contributed by atoms with Crippen LogP contribution < -0.4 is 5.73 Å². The van der Waals surface area contributed by atoms with Crippen molar-refractivity contribution in [3.05, 3.63) is 24.5 Å². The second-order valence-corrected chi connectivity index (χ2v) is 4.42. The summed E-state index contributed by atoms with van der Waals surface area (Å²) in [6.07, 6.45) is 1.62. The molecular formula is C10H9N5OS. The zero-order chi connectivity index (χ0) is 11.8. The molecule has 0 bridgehead atoms. The van der Waals surface area contributed by atoms with Gasteiger partial charge in [-0.15, -0.1) is 10.2 Å². The number of oxazole rings is 1. The summed E-state index contributed by atoms with van der Waals surface area (Å²) in [6, 6.07) is 5.46. The van der Waals surface area contributed by atoms with Crippen molar-refractivity contribution in [2.24, 2.45) is 7.05 Å². The number of aromatic nitrogens is 4. The summed E-state index contributed by atoms with van der Waals surface area (Å²) in [6.45, 7) is 0. The molecule has 0 saturated heterocycles. The topological polar surface area (TPSA) is 82.8 Å². The highest BCUT2D eigenvalue weighted by Crippen LogP contribution is 2.29. The Balaban J connectivity index is 2.02. The first kappa shape index (κ1) is 10.2. The molecule has 0 amide bonds. The minimum atomic E-state index is 0.508. The first-order chi connectivity index (χ1) is 8.24. The fraction of sp³-hybridized carbons (Fsp3) is 0.100. The van der Waals surface area contributed by atoms with E-state index in [0.29, 0.717) is 22.0 Å². The van der Waals surface area contributed by atoms with Gasteiger partial charge in [-0.05, 0) is 12.1 Å². The number of aryl methyl sites for hydroxylation is 1. The molecule has 0 saturated carbocycles. The summed E-state index contributed by atoms with van der Waals surface area (Å²) in [7, 11) is 1.86. The molecule has 17 heavy (non-hydrogen) atoms. The molecule has 2 aromatic heterocycles. The van der Waals surface area contributed by atoms with Gasteiger partial charge in [-0.25, -0.2) is 4.98 Å². The number of benzene rings is 1. The van der Waals surface area contributed by atoms with E-state index in [1.165, 1.54) is 11.8 Å². The third-order valence-corrected chi connectivity index (χ3v) is 3.18. The van der Waals surface area contributed by atoms with Crippen LogP contribution in [0.15, 0.2) is 39.3 Å². The molecular weight excluding hydrogens is 238 g/mol. The van der Waals surface area contributed by atoms with Crippen LogP contribution in [-0.4, -0.2) is 19.7 Å². The maximum Gasteiger partial charge on any atom is 0.264 e. The summed E-state index contributed by atoms with van der Waals surface area (Å²) in [4.78, 5) is 4.32. The second-order valence-electron chi connectivity index (χ2n) is 3.50. The number of para-hydroxylation sites is 1. The molecule has 0 fully saturated rings. The fourth-order valence-electron chi connectivity index (χ4n) is 1.44. The van der Waals surface area contributed by atoms with Crippen LogP contribution in [0.3, 0.4) is 0 Å². The second kappa shape index (κ2) is 3.77. The van der Waals surface area contributed by atoms with Crippen molar-refractivity contribution in [3.63, 3.8) is 0 Å². The molecule has 3 aromatic rings. The molecule has 0 unspecified atom stereocenters. The summed E-state index contributed by atoms with van der Waals surface area (Å²) < 4.78 is 7.36. The fourth-order valence-corrected chi connectivity index (χ4v) is 2.14. The predicted molar refractivity (Wildman–Crippen MR) is 63.5 cm³/mol. The van der Waals surface area contributed by atoms with Crippen molar-refractivity contribution < 1.29 is 4.42 Å². The lowest BCUT2D eigenvalue weighted by atomic mass is 10.3. The van der Waals surface area contributed by atoms with E-state index in [2.05, 4.69) is 15.2 Å². The highest BCUT2D eigenvalue weighted by atomic mass is 32.2. The minimum absolute atomic E-state index is 0.508. The van der Waals surface area contributed by atoms with Gasteiger partial charge in [-0.3, -0.25) is 0 Å². The number of nitrogens with zero attached hydrogens (tertiary/aromatic N) is 4. The number of anilines is 1. The van der Waals surface area contributed by atoms with Crippen LogP contribution in [0.4, 0.5) is 5.69 Å². The summed E-state index contributed by atoms with van der Waals surface area (Å²) >= 11 is 1.31. The third kappa shape index (κ3) is 1.74. The molecule has 0 aliphatic rings. The Morgan fingerprint density at radius 3 is 3.00 bits per heavy atom. The molecule has 2 heterocycles. The first-order valence-corrected chi connectivity index (χ1v) is 5.72. The molecule has 1 aromatic carbocycles. The molecule has 2 N–H and O–H groups in total. The molecule has 3 rings (SSSR count). The first-order valence-electron chi connectivity index (χ1n) is 4.91. The monoisotopic (exact) mass is 247 g/mol. The van der Waals surface area contributed by atoms with E-state index in [9.17, 15) is 0 Å². The van der Waals surface area contributed by atoms with Gasteiger partial charge in [0.25, 0.3) is 5.22 Å². The van der Waals surface area contributed by atoms with Gasteiger partial charge in [0.1, 0.15) is 11.8 Å². The van der Waals surface area contributed by atoms with Crippen LogP contribution in [0.1, 0.15) is 0 Å². The Hall–Kier alpha value is -2.02. The molecule has 0 atom stereocenters. The third-order valence-electron chi connectivity index (χ3n) is 2.28. The zero-order valence-electron chi connectivity index (χ0n) is 8.99. The maximum atomic E-state index is 5.81. The Bertz CT molecular complexity index is 674. The quantitative estimate of drug-likeness (QED) is 0.694. The Morgan fingerprint density at radius 2 is 2.29 bits per heavy atom. The zero-order valence-corrected chi connectivity index (χ0v) is 9.81. The van der Waals surface area contributed by atoms with E-state index in [1.807, 2.05) is 19.2 Å². The molecule has 0 spiro atoms. The van der Waals surface area contributed by atoms with Gasteiger partial charge in [0.15, 0.2) is 10.7 Å². The van der Waals surface area contributed by atoms with Crippen LogP contribution in [0.2, 0.25) is 0 Å². The number of hydrogen-bond donors (Lipinski definition) is 1. The van der Waals surface area contributed by atoms with Crippen LogP contribution in [0.25, 0.3) is 11.1 Å². The number of rotatable bonds is 2. The van der Waals surface area contributed by atoms with Crippen LogP contribution in [0, 0.1) is 0 Å². The van der Waals surface area contributed by atoms with Gasteiger partial charge in [-0.1, -0.05) is 6.07 Å². The number of hydrogen-bond acceptors (Lipinski definition) is 6. The Morgan fingerprint density at radius 1 is 1.41 bits per heavy atom. The van der Waals surface area contributed by atoms with E-state index in [4.69, 9.17) is 10.2 Å². The summed E-state index contributed by atoms with van der Waals surface area (Å²) in [5.41, 5.74) is 7.77. The number of nitrogen functional groups attached to an aromatic ring is 1. The molecule has 7 heteroatoms. The van der Waals surface area contributed by atoms with Crippen molar-refractivity contribution in [1.29, 1.82) is 0 Å². The lowest BCUT2D eigenvalue weighted by molar-refractivity contribution is 0.488. The molecule has 6 nitrogen and oxygen atoms in total. The highest BCUT2D eigenvalue weighted by molar-refractivity contribution is 7.99. The van der Waals surface area contributed by atoms with Crippen molar-refractivity contribution in [3.8, 4) is 0 Å². The Kier molecular flexibility index (Phi) is 2.25. The van der Waals surface area contributed by atoms with Gasteiger partial charge in [0.05, 0.1) is 5.69 Å². The van der Waals surface area contributed by atoms with Gasteiger partial charge < -0.3 is 14.7 Å². The highest BCUT2D eigenvalue weighted by Gasteiger charge is 2.12. The van der Waals surface area contributed by atoms with Crippen LogP contribution in [-0.2, 0) is 7.05 Å². The molecule has 0 aliphatic heterocycles. The summed E-state index contributed by atoms with van der Waals surface area (Å²) in [5, 5.41) is 8.96. The predicted octanol–water partition coefficient (Wildman–Crippen LogP) is 1.69. The van der Waals surface area contributed by atoms with Crippen molar-refractivity contribution in [2.75, 3.05) is 5.73 Å². The lowest BCUT2D eigenvalue weighted by Crippen LogP contribution is -1.88. The molecule has 0 aliphatic carbocycles. The van der Waals surface area contributed by atoms with Crippen molar-refractivity contribution in [2.45, 2.75) is 10.4 Å². The van der Waals surface area contributed by atoms with Gasteiger partial charge in [-0.2, -0.15) is 0 Å². The smallest absolute Gasteiger partial charge is 0.264 e. The lowest BCUT2D eigenvalue weighted by Gasteiger charge is -1.93. The van der Waals surface area contributed by atoms with Crippen LogP contribution in [0.5, 0.6) is 0 Å². The SMILES string of the molecule is Cn1cnnc1Sc1nc2c(N)cccc2o1. The van der Waals surface area contributed by atoms with Gasteiger partial charge in [0.2, 0.25) is 0 Å². The van der Waals surface area contributed by atoms with E-state index < -0.39 is 0 Å². The number of nitrogens with two attached hydrogens (primary N) is 1. The van der Waals surface area contributed by atoms with Crippen molar-refractivity contribution >= 4 is 28.5 Å². The average Bonchev–Trinajstić information content (AvgIpc) is 2.87. The minimum Gasteiger partial charge on any atom is -0.431 e. The van der Waals surface area contributed by atoms with E-state index in [-0.39, 0.29) is 0 Å². The van der Waals surface area contributed by atoms with Crippen LogP contribution >= 0.6 is 11.8 Å². The summed E-state index contributed by atoms with van der Waals surface area (Å²) in [5.74, 6) is 0. The average molecular weight is 247 g/mol. The Labute approximate surface area is 101 Å². The van der Waals surface area contributed by atoms with Gasteiger partial charge in [0, 0.05) is 18.8 Å². The normalized spacial score (nSPS) is 11.1.